The number of H-pyrrole nitrogens is 1. The van der Waals surface area contributed by atoms with Crippen LogP contribution < -0.4 is 0 Å². The molecule has 2 N–H and O–H groups in total. The Morgan fingerprint density at radius 2 is 2.42 bits per heavy atom. The molecule has 0 unspecified atom stereocenters. The van der Waals surface area contributed by atoms with E-state index in [0.717, 1.165) is 21.2 Å². The maximum Gasteiger partial charge on any atom is 0.127 e. The zero-order chi connectivity index (χ0) is 8.55. The van der Waals surface area contributed by atoms with E-state index in [1.165, 1.54) is 0 Å². The number of aromatic amines is 1. The third kappa shape index (κ3) is 1.11. The molecule has 0 aliphatic heterocycles. The van der Waals surface area contributed by atoms with Crippen LogP contribution >= 0.6 is 15.9 Å². The zero-order valence-corrected chi connectivity index (χ0v) is 7.67. The molecule has 0 saturated carbocycles. The molecule has 0 bridgehead atoms. The lowest BCUT2D eigenvalue weighted by Crippen LogP contribution is -1.84. The van der Waals surface area contributed by atoms with Gasteiger partial charge in [0.15, 0.2) is 0 Å². The first-order valence-electron chi connectivity index (χ1n) is 3.40. The molecule has 2 rings (SSSR count). The monoisotopic (exact) mass is 227 g/mol. The van der Waals surface area contributed by atoms with Crippen LogP contribution in [-0.4, -0.2) is 20.3 Å². The van der Waals surface area contributed by atoms with Crippen molar-refractivity contribution < 1.29 is 5.11 Å². The van der Waals surface area contributed by atoms with Crippen molar-refractivity contribution in [1.29, 1.82) is 0 Å². The van der Waals surface area contributed by atoms with Crippen LogP contribution in [0, 0.1) is 0 Å². The van der Waals surface area contributed by atoms with Crippen molar-refractivity contribution in [2.45, 2.75) is 6.61 Å². The highest BCUT2D eigenvalue weighted by atomic mass is 79.9. The summed E-state index contributed by atoms with van der Waals surface area (Å²) in [6.07, 6.45) is 1.63. The molecule has 4 nitrogen and oxygen atoms in total. The van der Waals surface area contributed by atoms with E-state index in [-0.39, 0.29) is 6.61 Å². The van der Waals surface area contributed by atoms with Crippen molar-refractivity contribution >= 4 is 27.0 Å². The summed E-state index contributed by atoms with van der Waals surface area (Å²) in [7, 11) is 0. The number of rotatable bonds is 1. The molecular formula is C7H6BrN3O. The summed E-state index contributed by atoms with van der Waals surface area (Å²) in [6.45, 7) is -0.00653. The van der Waals surface area contributed by atoms with Crippen LogP contribution in [0.25, 0.3) is 11.0 Å². The van der Waals surface area contributed by atoms with E-state index >= 15 is 0 Å². The maximum atomic E-state index is 8.81. The first-order chi connectivity index (χ1) is 5.81. The number of hydrogen-bond donors (Lipinski definition) is 2. The summed E-state index contributed by atoms with van der Waals surface area (Å²) in [4.78, 5) is 4.11. The highest BCUT2D eigenvalue weighted by Gasteiger charge is 2.03. The van der Waals surface area contributed by atoms with E-state index in [0.29, 0.717) is 0 Å². The highest BCUT2D eigenvalue weighted by Crippen LogP contribution is 2.18. The Morgan fingerprint density at radius 3 is 3.17 bits per heavy atom. The number of aromatic nitrogens is 3. The Bertz CT molecular complexity index is 412. The van der Waals surface area contributed by atoms with Crippen LogP contribution in [0.3, 0.4) is 0 Å². The second-order valence-electron chi connectivity index (χ2n) is 2.41. The number of hydrogen-bond acceptors (Lipinski definition) is 3. The molecular weight excluding hydrogens is 222 g/mol. The van der Waals surface area contributed by atoms with Crippen molar-refractivity contribution in [3.05, 3.63) is 22.4 Å². The molecule has 0 atom stereocenters. The smallest absolute Gasteiger partial charge is 0.127 e. The summed E-state index contributed by atoms with van der Waals surface area (Å²) in [5, 5.41) is 15.5. The third-order valence-electron chi connectivity index (χ3n) is 1.59. The van der Waals surface area contributed by atoms with E-state index in [1.54, 1.807) is 12.3 Å². The fraction of sp³-hybridized carbons (Fsp3) is 0.143. The molecule has 2 heterocycles. The minimum atomic E-state index is -0.00653. The van der Waals surface area contributed by atoms with Crippen LogP contribution in [0.15, 0.2) is 16.9 Å². The summed E-state index contributed by atoms with van der Waals surface area (Å²) in [6, 6.07) is 1.80. The Morgan fingerprint density at radius 1 is 1.58 bits per heavy atom. The van der Waals surface area contributed by atoms with Gasteiger partial charge in [0, 0.05) is 6.20 Å². The van der Waals surface area contributed by atoms with E-state index in [2.05, 4.69) is 31.1 Å². The molecule has 0 fully saturated rings. The Kier molecular flexibility index (Phi) is 1.82. The largest absolute Gasteiger partial charge is 0.392 e. The number of aliphatic hydroxyl groups excluding tert-OH is 1. The van der Waals surface area contributed by atoms with E-state index in [1.807, 2.05) is 0 Å². The number of aliphatic hydroxyl groups is 1. The van der Waals surface area contributed by atoms with Gasteiger partial charge < -0.3 is 5.11 Å². The van der Waals surface area contributed by atoms with E-state index in [9.17, 15) is 0 Å². The van der Waals surface area contributed by atoms with Crippen molar-refractivity contribution in [3.8, 4) is 0 Å². The number of nitrogens with zero attached hydrogens (tertiary/aromatic N) is 2. The first-order valence-corrected chi connectivity index (χ1v) is 4.20. The lowest BCUT2D eigenvalue weighted by atomic mass is 10.3. The number of halogens is 1. The summed E-state index contributed by atoms with van der Waals surface area (Å²) in [5.41, 5.74) is 2.31. The van der Waals surface area contributed by atoms with Crippen LogP contribution in [0.1, 0.15) is 5.56 Å². The number of pyridine rings is 1. The Balaban J connectivity index is 2.69. The molecule has 0 radical (unpaired) electrons. The standard InChI is InChI=1S/C7H6BrN3O/c8-7-6-5(10-11-7)1-4(3-12)2-9-6/h1-2,12H,3H2,(H,10,11). The lowest BCUT2D eigenvalue weighted by molar-refractivity contribution is 0.281. The highest BCUT2D eigenvalue weighted by molar-refractivity contribution is 9.10. The van der Waals surface area contributed by atoms with Crippen LogP contribution in [0.4, 0.5) is 0 Å². The van der Waals surface area contributed by atoms with Crippen molar-refractivity contribution in [1.82, 2.24) is 15.2 Å². The van der Waals surface area contributed by atoms with E-state index < -0.39 is 0 Å². The minimum absolute atomic E-state index is 0.00653. The second kappa shape index (κ2) is 2.84. The number of nitrogens with one attached hydrogen (secondary N) is 1. The lowest BCUT2D eigenvalue weighted by Gasteiger charge is -1.92. The Labute approximate surface area is 76.8 Å². The average molecular weight is 228 g/mol. The summed E-state index contributed by atoms with van der Waals surface area (Å²) >= 11 is 3.27. The zero-order valence-electron chi connectivity index (χ0n) is 6.08. The SMILES string of the molecule is OCc1cnc2c(Br)[nH]nc2c1. The molecule has 5 heteroatoms. The van der Waals surface area contributed by atoms with Gasteiger partial charge in [0.25, 0.3) is 0 Å². The van der Waals surface area contributed by atoms with Gasteiger partial charge in [-0.25, -0.2) is 0 Å². The third-order valence-corrected chi connectivity index (χ3v) is 2.14. The van der Waals surface area contributed by atoms with Gasteiger partial charge >= 0.3 is 0 Å². The van der Waals surface area contributed by atoms with Crippen LogP contribution in [0.2, 0.25) is 0 Å². The van der Waals surface area contributed by atoms with Crippen molar-refractivity contribution in [2.75, 3.05) is 0 Å². The molecule has 2 aromatic heterocycles. The van der Waals surface area contributed by atoms with Crippen LogP contribution in [0.5, 0.6) is 0 Å². The fourth-order valence-corrected chi connectivity index (χ4v) is 1.39. The second-order valence-corrected chi connectivity index (χ2v) is 3.20. The molecule has 0 aliphatic carbocycles. The summed E-state index contributed by atoms with van der Waals surface area (Å²) in [5.74, 6) is 0. The van der Waals surface area contributed by atoms with Crippen molar-refractivity contribution in [3.63, 3.8) is 0 Å². The molecule has 0 aromatic carbocycles. The van der Waals surface area contributed by atoms with Gasteiger partial charge in [0.05, 0.1) is 6.61 Å². The summed E-state index contributed by atoms with van der Waals surface area (Å²) < 4.78 is 0.766. The predicted molar refractivity (Wildman–Crippen MR) is 47.5 cm³/mol. The molecule has 62 valence electrons. The van der Waals surface area contributed by atoms with Gasteiger partial charge in [-0.3, -0.25) is 10.1 Å². The molecule has 2 aromatic rings. The van der Waals surface area contributed by atoms with Gasteiger partial charge in [0.1, 0.15) is 15.6 Å². The topological polar surface area (TPSA) is 61.8 Å². The molecule has 0 saturated heterocycles. The molecule has 0 spiro atoms. The van der Waals surface area contributed by atoms with Gasteiger partial charge in [0.2, 0.25) is 0 Å². The van der Waals surface area contributed by atoms with Gasteiger partial charge in [-0.1, -0.05) is 0 Å². The number of fused-ring (bicyclic) bond motifs is 1. The molecule has 12 heavy (non-hydrogen) atoms. The fourth-order valence-electron chi connectivity index (χ4n) is 0.998. The van der Waals surface area contributed by atoms with Crippen LogP contribution in [-0.2, 0) is 6.61 Å². The molecule has 0 aliphatic rings. The normalized spacial score (nSPS) is 10.8. The molecule has 0 amide bonds. The van der Waals surface area contributed by atoms with Gasteiger partial charge in [-0.15, -0.1) is 0 Å². The average Bonchev–Trinajstić information content (AvgIpc) is 2.47. The van der Waals surface area contributed by atoms with Gasteiger partial charge in [-0.05, 0) is 27.6 Å². The van der Waals surface area contributed by atoms with Crippen molar-refractivity contribution in [2.24, 2.45) is 0 Å². The maximum absolute atomic E-state index is 8.81. The Hall–Kier alpha value is -0.940. The predicted octanol–water partition coefficient (Wildman–Crippen LogP) is 1.21. The minimum Gasteiger partial charge on any atom is -0.392 e. The van der Waals surface area contributed by atoms with E-state index in [4.69, 9.17) is 5.11 Å². The quantitative estimate of drug-likeness (QED) is 0.771. The van der Waals surface area contributed by atoms with Gasteiger partial charge in [-0.2, -0.15) is 5.10 Å². The first kappa shape index (κ1) is 7.70.